The fourth-order valence-electron chi connectivity index (χ4n) is 3.47. The van der Waals surface area contributed by atoms with Crippen LogP contribution in [0.15, 0.2) is 57.2 Å². The molecule has 0 N–H and O–H groups in total. The van der Waals surface area contributed by atoms with E-state index in [0.29, 0.717) is 25.6 Å². The van der Waals surface area contributed by atoms with Gasteiger partial charge in [0, 0.05) is 35.3 Å². The number of ether oxygens (including phenoxy) is 3. The topological polar surface area (TPSA) is 74.1 Å². The molecule has 29 heavy (non-hydrogen) atoms. The molecule has 9 heteroatoms. The highest BCUT2D eigenvalue weighted by atomic mass is 79.9. The summed E-state index contributed by atoms with van der Waals surface area (Å²) < 4.78 is 19.3. The lowest BCUT2D eigenvalue weighted by molar-refractivity contribution is -0.384. The SMILES string of the molecule is O=[N+]([O-])c1ccc(OC/C=C2/Oc3c(Br)cc(Br)cc3[C@@H]2N2CCOCC2)cc1. The highest BCUT2D eigenvalue weighted by Gasteiger charge is 2.36. The first-order chi connectivity index (χ1) is 14.0. The van der Waals surface area contributed by atoms with Gasteiger partial charge in [0.2, 0.25) is 0 Å². The van der Waals surface area contributed by atoms with Crippen LogP contribution in [0.4, 0.5) is 5.69 Å². The third-order valence-electron chi connectivity index (χ3n) is 4.81. The Hall–Kier alpha value is -1.94. The molecule has 0 radical (unpaired) electrons. The van der Waals surface area contributed by atoms with E-state index in [2.05, 4.69) is 42.8 Å². The fraction of sp³-hybridized carbons (Fsp3) is 0.300. The van der Waals surface area contributed by atoms with Crippen molar-refractivity contribution in [1.29, 1.82) is 0 Å². The van der Waals surface area contributed by atoms with Crippen LogP contribution in [0.25, 0.3) is 0 Å². The third-order valence-corrected chi connectivity index (χ3v) is 5.86. The largest absolute Gasteiger partial charge is 0.489 e. The molecule has 0 bridgehead atoms. The van der Waals surface area contributed by atoms with Crippen molar-refractivity contribution >= 4 is 37.5 Å². The Morgan fingerprint density at radius 2 is 1.93 bits per heavy atom. The maximum Gasteiger partial charge on any atom is 0.269 e. The van der Waals surface area contributed by atoms with E-state index in [1.165, 1.54) is 12.1 Å². The highest BCUT2D eigenvalue weighted by Crippen LogP contribution is 2.48. The second kappa shape index (κ2) is 8.83. The maximum atomic E-state index is 10.8. The lowest BCUT2D eigenvalue weighted by Gasteiger charge is -2.32. The van der Waals surface area contributed by atoms with Crippen LogP contribution in [0, 0.1) is 10.1 Å². The summed E-state index contributed by atoms with van der Waals surface area (Å²) in [6.45, 7) is 3.30. The Balaban J connectivity index is 1.54. The Kier molecular flexibility index (Phi) is 6.19. The molecule has 0 aromatic heterocycles. The maximum absolute atomic E-state index is 10.8. The minimum absolute atomic E-state index is 0.0110. The Morgan fingerprint density at radius 1 is 1.21 bits per heavy atom. The van der Waals surface area contributed by atoms with Crippen molar-refractivity contribution in [3.63, 3.8) is 0 Å². The summed E-state index contributed by atoms with van der Waals surface area (Å²) in [5.74, 6) is 2.18. The number of nitro groups is 1. The molecule has 1 fully saturated rings. The monoisotopic (exact) mass is 524 g/mol. The molecule has 7 nitrogen and oxygen atoms in total. The van der Waals surface area contributed by atoms with Gasteiger partial charge in [0.15, 0.2) is 0 Å². The van der Waals surface area contributed by atoms with E-state index in [1.54, 1.807) is 12.1 Å². The molecule has 1 saturated heterocycles. The number of nitro benzene ring substituents is 1. The van der Waals surface area contributed by atoms with E-state index >= 15 is 0 Å². The average Bonchev–Trinajstić information content (AvgIpc) is 3.07. The van der Waals surface area contributed by atoms with Gasteiger partial charge in [-0.2, -0.15) is 0 Å². The summed E-state index contributed by atoms with van der Waals surface area (Å²) in [4.78, 5) is 12.7. The van der Waals surface area contributed by atoms with Gasteiger partial charge in [0.05, 0.1) is 28.7 Å². The molecule has 0 unspecified atom stereocenters. The molecular weight excluding hydrogens is 508 g/mol. The molecule has 2 aliphatic heterocycles. The van der Waals surface area contributed by atoms with Crippen molar-refractivity contribution in [2.24, 2.45) is 0 Å². The van der Waals surface area contributed by atoms with E-state index in [-0.39, 0.29) is 11.7 Å². The number of morpholine rings is 1. The van der Waals surface area contributed by atoms with Crippen molar-refractivity contribution < 1.29 is 19.1 Å². The second-order valence-corrected chi connectivity index (χ2v) is 8.40. The van der Waals surface area contributed by atoms with Crippen LogP contribution < -0.4 is 9.47 Å². The molecule has 0 amide bonds. The van der Waals surface area contributed by atoms with Gasteiger partial charge in [0.25, 0.3) is 5.69 Å². The number of halogens is 2. The molecule has 2 aromatic carbocycles. The predicted octanol–water partition coefficient (Wildman–Crippen LogP) is 4.85. The normalized spacial score (nSPS) is 20.3. The molecule has 4 rings (SSSR count). The first kappa shape index (κ1) is 20.3. The zero-order valence-electron chi connectivity index (χ0n) is 15.3. The summed E-state index contributed by atoms with van der Waals surface area (Å²) in [5, 5.41) is 10.8. The van der Waals surface area contributed by atoms with Crippen LogP contribution >= 0.6 is 31.9 Å². The van der Waals surface area contributed by atoms with Crippen molar-refractivity contribution in [3.05, 3.63) is 72.9 Å². The number of hydrogen-bond donors (Lipinski definition) is 0. The number of non-ortho nitro benzene ring substituents is 1. The summed E-state index contributed by atoms with van der Waals surface area (Å²) in [5.41, 5.74) is 1.13. The van der Waals surface area contributed by atoms with E-state index in [9.17, 15) is 10.1 Å². The van der Waals surface area contributed by atoms with Crippen molar-refractivity contribution in [1.82, 2.24) is 4.90 Å². The van der Waals surface area contributed by atoms with Gasteiger partial charge >= 0.3 is 0 Å². The van der Waals surface area contributed by atoms with Gasteiger partial charge in [-0.05, 0) is 46.3 Å². The number of hydrogen-bond acceptors (Lipinski definition) is 6. The van der Waals surface area contributed by atoms with Crippen LogP contribution in [0.1, 0.15) is 11.6 Å². The van der Waals surface area contributed by atoms with Crippen LogP contribution in [0.2, 0.25) is 0 Å². The summed E-state index contributed by atoms with van der Waals surface area (Å²) in [6, 6.07) is 10.1. The Labute approximate surface area is 184 Å². The van der Waals surface area contributed by atoms with Crippen LogP contribution in [0.3, 0.4) is 0 Å². The van der Waals surface area contributed by atoms with Crippen molar-refractivity contribution in [2.45, 2.75) is 6.04 Å². The lowest BCUT2D eigenvalue weighted by Crippen LogP contribution is -2.39. The molecule has 0 spiro atoms. The standard InChI is InChI=1S/C20H18Br2N2O5/c21-13-11-16-19(23-6-9-27-10-7-23)18(29-20(16)17(22)12-13)5-8-28-15-3-1-14(2-4-15)24(25)26/h1-5,11-12,19H,6-10H2/b18-5+/t19-/m0/s1. The second-order valence-electron chi connectivity index (χ2n) is 6.63. The minimum Gasteiger partial charge on any atom is -0.489 e. The van der Waals surface area contributed by atoms with Crippen LogP contribution in [0.5, 0.6) is 11.5 Å². The first-order valence-electron chi connectivity index (χ1n) is 9.09. The zero-order chi connectivity index (χ0) is 20.4. The molecule has 0 saturated carbocycles. The summed E-state index contributed by atoms with van der Waals surface area (Å²) >= 11 is 7.15. The van der Waals surface area contributed by atoms with Gasteiger partial charge in [-0.25, -0.2) is 0 Å². The van der Waals surface area contributed by atoms with Gasteiger partial charge in [0.1, 0.15) is 23.9 Å². The minimum atomic E-state index is -0.432. The lowest BCUT2D eigenvalue weighted by atomic mass is 10.0. The van der Waals surface area contributed by atoms with E-state index in [4.69, 9.17) is 14.2 Å². The Bertz CT molecular complexity index is 943. The van der Waals surface area contributed by atoms with Crippen LogP contribution in [-0.2, 0) is 4.74 Å². The highest BCUT2D eigenvalue weighted by molar-refractivity contribution is 9.11. The number of rotatable bonds is 5. The van der Waals surface area contributed by atoms with Gasteiger partial charge < -0.3 is 14.2 Å². The molecule has 2 heterocycles. The quantitative estimate of drug-likeness (QED) is 0.410. The molecular formula is C20H18Br2N2O5. The molecule has 2 aromatic rings. The van der Waals surface area contributed by atoms with Crippen molar-refractivity contribution in [3.8, 4) is 11.5 Å². The van der Waals surface area contributed by atoms with E-state index in [1.807, 2.05) is 12.1 Å². The molecule has 2 aliphatic rings. The van der Waals surface area contributed by atoms with Crippen LogP contribution in [-0.4, -0.2) is 42.7 Å². The molecule has 152 valence electrons. The Morgan fingerprint density at radius 3 is 2.62 bits per heavy atom. The molecule has 0 aliphatic carbocycles. The summed E-state index contributed by atoms with van der Waals surface area (Å²) in [6.07, 6.45) is 1.92. The van der Waals surface area contributed by atoms with Gasteiger partial charge in [-0.1, -0.05) is 15.9 Å². The number of nitrogens with zero attached hydrogens (tertiary/aromatic N) is 2. The van der Waals surface area contributed by atoms with Gasteiger partial charge in [-0.15, -0.1) is 0 Å². The fourth-order valence-corrected chi connectivity index (χ4v) is 4.81. The van der Waals surface area contributed by atoms with E-state index < -0.39 is 4.92 Å². The number of benzene rings is 2. The smallest absolute Gasteiger partial charge is 0.269 e. The summed E-state index contributed by atoms with van der Waals surface area (Å²) in [7, 11) is 0. The molecule has 1 atom stereocenters. The van der Waals surface area contributed by atoms with E-state index in [0.717, 1.165) is 39.1 Å². The average molecular weight is 526 g/mol. The zero-order valence-corrected chi connectivity index (χ0v) is 18.5. The number of fused-ring (bicyclic) bond motifs is 1. The van der Waals surface area contributed by atoms with Crippen molar-refractivity contribution in [2.75, 3.05) is 32.9 Å². The first-order valence-corrected chi connectivity index (χ1v) is 10.7. The third kappa shape index (κ3) is 4.48. The van der Waals surface area contributed by atoms with Gasteiger partial charge in [-0.3, -0.25) is 15.0 Å². The predicted molar refractivity (Wildman–Crippen MR) is 114 cm³/mol.